The monoisotopic (exact) mass is 322 g/mol. The predicted octanol–water partition coefficient (Wildman–Crippen LogP) is 3.10. The minimum absolute atomic E-state index is 0.000154. The number of carbonyl (C=O) groups excluding carboxylic acids is 1. The first-order chi connectivity index (χ1) is 11.6. The first-order valence-electron chi connectivity index (χ1n) is 7.11. The van der Waals surface area contributed by atoms with Crippen molar-refractivity contribution >= 4 is 22.2 Å². The van der Waals surface area contributed by atoms with E-state index in [0.717, 1.165) is 5.39 Å². The minimum Gasteiger partial charge on any atom is -0.454 e. The van der Waals surface area contributed by atoms with Crippen LogP contribution in [0, 0.1) is 10.1 Å². The number of ketones is 1. The molecule has 7 nitrogen and oxygen atoms in total. The van der Waals surface area contributed by atoms with Gasteiger partial charge in [0.25, 0.3) is 5.69 Å². The second kappa shape index (κ2) is 5.31. The molecule has 0 spiro atoms. The standard InChI is InChI=1S/C17H10N2O5/c20-17(11-3-1-2-4-13(11)19(21)22)16-12-8-15-14(23-9-24-15)7-10(12)5-6-18-16/h1-8H,9H2. The lowest BCUT2D eigenvalue weighted by molar-refractivity contribution is -0.385. The average Bonchev–Trinajstić information content (AvgIpc) is 3.06. The van der Waals surface area contributed by atoms with Crippen molar-refractivity contribution in [1.82, 2.24) is 4.98 Å². The zero-order valence-electron chi connectivity index (χ0n) is 12.3. The minimum atomic E-state index is -0.576. The molecule has 0 radical (unpaired) electrons. The Balaban J connectivity index is 1.91. The Labute approximate surface area is 135 Å². The largest absolute Gasteiger partial charge is 0.454 e. The summed E-state index contributed by atoms with van der Waals surface area (Å²) in [7, 11) is 0. The summed E-state index contributed by atoms with van der Waals surface area (Å²) < 4.78 is 10.7. The molecule has 118 valence electrons. The molecule has 0 saturated carbocycles. The lowest BCUT2D eigenvalue weighted by atomic mass is 10.0. The number of rotatable bonds is 3. The van der Waals surface area contributed by atoms with Gasteiger partial charge in [0.15, 0.2) is 11.5 Å². The number of fused-ring (bicyclic) bond motifs is 2. The van der Waals surface area contributed by atoms with Crippen LogP contribution >= 0.6 is 0 Å². The third-order valence-electron chi connectivity index (χ3n) is 3.82. The van der Waals surface area contributed by atoms with E-state index >= 15 is 0 Å². The molecule has 0 N–H and O–H groups in total. The molecule has 2 aromatic carbocycles. The number of nitro benzene ring substituents is 1. The molecule has 1 aromatic heterocycles. The van der Waals surface area contributed by atoms with Gasteiger partial charge in [-0.1, -0.05) is 12.1 Å². The molecule has 0 unspecified atom stereocenters. The SMILES string of the molecule is O=C(c1ccccc1[N+](=O)[O-])c1nccc2cc3c(cc12)OCO3. The second-order valence-corrected chi connectivity index (χ2v) is 5.19. The second-order valence-electron chi connectivity index (χ2n) is 5.19. The zero-order chi connectivity index (χ0) is 16.7. The quantitative estimate of drug-likeness (QED) is 0.418. The fourth-order valence-corrected chi connectivity index (χ4v) is 2.70. The highest BCUT2D eigenvalue weighted by atomic mass is 16.7. The normalized spacial score (nSPS) is 12.3. The first kappa shape index (κ1) is 14.1. The van der Waals surface area contributed by atoms with Crippen LogP contribution in [0.2, 0.25) is 0 Å². The summed E-state index contributed by atoms with van der Waals surface area (Å²) in [5, 5.41) is 12.5. The number of hydrogen-bond acceptors (Lipinski definition) is 6. The molecule has 0 bridgehead atoms. The van der Waals surface area contributed by atoms with Crippen molar-refractivity contribution in [1.29, 1.82) is 0 Å². The van der Waals surface area contributed by atoms with Crippen molar-refractivity contribution in [3.8, 4) is 11.5 Å². The number of para-hydroxylation sites is 1. The van der Waals surface area contributed by atoms with Crippen LogP contribution in [-0.4, -0.2) is 22.5 Å². The maximum atomic E-state index is 12.8. The topological polar surface area (TPSA) is 91.6 Å². The number of hydrogen-bond donors (Lipinski definition) is 0. The Bertz CT molecular complexity index is 999. The van der Waals surface area contributed by atoms with Crippen molar-refractivity contribution < 1.29 is 19.2 Å². The molecule has 0 aliphatic carbocycles. The van der Waals surface area contributed by atoms with Gasteiger partial charge in [0, 0.05) is 17.6 Å². The van der Waals surface area contributed by atoms with Gasteiger partial charge >= 0.3 is 0 Å². The lowest BCUT2D eigenvalue weighted by Crippen LogP contribution is -2.08. The van der Waals surface area contributed by atoms with E-state index in [9.17, 15) is 14.9 Å². The molecule has 4 rings (SSSR count). The molecule has 0 amide bonds. The van der Waals surface area contributed by atoms with E-state index in [2.05, 4.69) is 4.98 Å². The van der Waals surface area contributed by atoms with Crippen molar-refractivity contribution in [2.24, 2.45) is 0 Å². The third-order valence-corrected chi connectivity index (χ3v) is 3.82. The van der Waals surface area contributed by atoms with Crippen LogP contribution < -0.4 is 9.47 Å². The van der Waals surface area contributed by atoms with Gasteiger partial charge in [-0.25, -0.2) is 0 Å². The Hall–Kier alpha value is -3.48. The first-order valence-corrected chi connectivity index (χ1v) is 7.11. The number of aromatic nitrogens is 1. The van der Waals surface area contributed by atoms with Crippen molar-refractivity contribution in [2.45, 2.75) is 0 Å². The number of nitro groups is 1. The molecule has 7 heteroatoms. The van der Waals surface area contributed by atoms with Crippen molar-refractivity contribution in [3.05, 3.63) is 70.0 Å². The van der Waals surface area contributed by atoms with Gasteiger partial charge in [-0.3, -0.25) is 19.9 Å². The van der Waals surface area contributed by atoms with Gasteiger partial charge in [0.1, 0.15) is 11.3 Å². The maximum absolute atomic E-state index is 12.8. The highest BCUT2D eigenvalue weighted by Crippen LogP contribution is 2.37. The van der Waals surface area contributed by atoms with Gasteiger partial charge in [-0.05, 0) is 29.7 Å². The number of benzene rings is 2. The molecular weight excluding hydrogens is 312 g/mol. The van der Waals surface area contributed by atoms with Crippen LogP contribution in [0.3, 0.4) is 0 Å². The molecule has 1 aliphatic heterocycles. The van der Waals surface area contributed by atoms with Crippen LogP contribution in [-0.2, 0) is 0 Å². The molecule has 0 fully saturated rings. The summed E-state index contributed by atoms with van der Waals surface area (Å²) >= 11 is 0. The molecule has 0 atom stereocenters. The van der Waals surface area contributed by atoms with Crippen LogP contribution in [0.1, 0.15) is 16.1 Å². The number of ether oxygens (including phenoxy) is 2. The molecule has 0 saturated heterocycles. The van der Waals surface area contributed by atoms with E-state index in [4.69, 9.17) is 9.47 Å². The van der Waals surface area contributed by atoms with Gasteiger partial charge in [0.2, 0.25) is 12.6 Å². The Morgan fingerprint density at radius 3 is 2.67 bits per heavy atom. The Morgan fingerprint density at radius 1 is 1.12 bits per heavy atom. The molecule has 1 aliphatic rings. The highest BCUT2D eigenvalue weighted by molar-refractivity contribution is 6.17. The number of pyridine rings is 1. The summed E-state index contributed by atoms with van der Waals surface area (Å²) in [5.41, 5.74) is -0.109. The van der Waals surface area contributed by atoms with Gasteiger partial charge in [-0.15, -0.1) is 0 Å². The van der Waals surface area contributed by atoms with Crippen LogP contribution in [0.4, 0.5) is 5.69 Å². The smallest absolute Gasteiger partial charge is 0.280 e. The number of carbonyl (C=O) groups is 1. The van der Waals surface area contributed by atoms with E-state index in [-0.39, 0.29) is 23.7 Å². The van der Waals surface area contributed by atoms with E-state index in [1.807, 2.05) is 0 Å². The van der Waals surface area contributed by atoms with Crippen LogP contribution in [0.25, 0.3) is 10.8 Å². The number of nitrogens with zero attached hydrogens (tertiary/aromatic N) is 2. The van der Waals surface area contributed by atoms with Gasteiger partial charge in [-0.2, -0.15) is 0 Å². The highest BCUT2D eigenvalue weighted by Gasteiger charge is 2.24. The van der Waals surface area contributed by atoms with Gasteiger partial charge < -0.3 is 9.47 Å². The molecule has 24 heavy (non-hydrogen) atoms. The molecule has 3 aromatic rings. The fraction of sp³-hybridized carbons (Fsp3) is 0.0588. The summed E-state index contributed by atoms with van der Waals surface area (Å²) in [6.45, 7) is 0.118. The fourth-order valence-electron chi connectivity index (χ4n) is 2.70. The van der Waals surface area contributed by atoms with E-state index in [1.165, 1.54) is 24.4 Å². The summed E-state index contributed by atoms with van der Waals surface area (Å²) in [6.07, 6.45) is 1.49. The lowest BCUT2D eigenvalue weighted by Gasteiger charge is -2.07. The van der Waals surface area contributed by atoms with E-state index in [0.29, 0.717) is 16.9 Å². The van der Waals surface area contributed by atoms with Crippen molar-refractivity contribution in [2.75, 3.05) is 6.79 Å². The van der Waals surface area contributed by atoms with Crippen LogP contribution in [0.15, 0.2) is 48.7 Å². The zero-order valence-corrected chi connectivity index (χ0v) is 12.3. The van der Waals surface area contributed by atoms with E-state index in [1.54, 1.807) is 24.3 Å². The average molecular weight is 322 g/mol. The predicted molar refractivity (Wildman–Crippen MR) is 84.4 cm³/mol. The summed E-state index contributed by atoms with van der Waals surface area (Å²) in [4.78, 5) is 27.6. The Morgan fingerprint density at radius 2 is 1.88 bits per heavy atom. The summed E-state index contributed by atoms with van der Waals surface area (Å²) in [5.74, 6) is 0.608. The van der Waals surface area contributed by atoms with E-state index < -0.39 is 10.7 Å². The van der Waals surface area contributed by atoms with Gasteiger partial charge in [0.05, 0.1) is 4.92 Å². The Kier molecular flexibility index (Phi) is 3.13. The molecule has 2 heterocycles. The summed E-state index contributed by atoms with van der Waals surface area (Å²) in [6, 6.07) is 11.0. The molecular formula is C17H10N2O5. The maximum Gasteiger partial charge on any atom is 0.280 e. The third kappa shape index (κ3) is 2.14. The van der Waals surface area contributed by atoms with Crippen molar-refractivity contribution in [3.63, 3.8) is 0 Å². The van der Waals surface area contributed by atoms with Crippen LogP contribution in [0.5, 0.6) is 11.5 Å².